The van der Waals surface area contributed by atoms with E-state index >= 15 is 0 Å². The summed E-state index contributed by atoms with van der Waals surface area (Å²) in [5, 5.41) is 6.04. The van der Waals surface area contributed by atoms with Crippen LogP contribution in [-0.4, -0.2) is 50.7 Å². The molecule has 3 rings (SSSR count). The summed E-state index contributed by atoms with van der Waals surface area (Å²) < 4.78 is 31.7. The molecule has 2 N–H and O–H groups in total. The van der Waals surface area contributed by atoms with Gasteiger partial charge in [-0.3, -0.25) is 10.1 Å². The van der Waals surface area contributed by atoms with E-state index in [0.717, 1.165) is 18.7 Å². The molecule has 0 spiro atoms. The van der Waals surface area contributed by atoms with Crippen molar-refractivity contribution in [1.29, 1.82) is 0 Å². The van der Waals surface area contributed by atoms with Gasteiger partial charge in [0, 0.05) is 30.6 Å². The first-order chi connectivity index (χ1) is 11.4. The number of nitrogens with zero attached hydrogens (tertiary/aromatic N) is 1. The number of amides is 1. The number of hydrogen-bond acceptors (Lipinski definition) is 4. The summed E-state index contributed by atoms with van der Waals surface area (Å²) in [6.45, 7) is 0.878. The number of carbonyl (C=O) groups is 1. The molecule has 2 aliphatic rings. The average molecular weight is 433 g/mol. The normalized spacial score (nSPS) is 23.8. The Morgan fingerprint density at radius 3 is 2.77 bits per heavy atom. The van der Waals surface area contributed by atoms with Crippen LogP contribution in [0.4, 0.5) is 14.5 Å². The summed E-state index contributed by atoms with van der Waals surface area (Å²) in [4.78, 5) is 14.2. The zero-order valence-electron chi connectivity index (χ0n) is 14.1. The van der Waals surface area contributed by atoms with Crippen molar-refractivity contribution in [1.82, 2.24) is 10.6 Å². The minimum atomic E-state index is -2.81. The fourth-order valence-electron chi connectivity index (χ4n) is 3.21. The zero-order valence-corrected chi connectivity index (χ0v) is 16.5. The summed E-state index contributed by atoms with van der Waals surface area (Å²) >= 11 is 6.05. The SMILES string of the molecule is COc1ccc(Cl)cc1N1CCC(NC(=O)C2CC(F)(F)CN2)C1.Cl.Cl. The van der Waals surface area contributed by atoms with Crippen molar-refractivity contribution in [3.8, 4) is 5.75 Å². The lowest BCUT2D eigenvalue weighted by Crippen LogP contribution is -2.46. The van der Waals surface area contributed by atoms with Crippen molar-refractivity contribution in [2.75, 3.05) is 31.6 Å². The van der Waals surface area contributed by atoms with Crippen LogP contribution in [0, 0.1) is 0 Å². The van der Waals surface area contributed by atoms with Crippen molar-refractivity contribution in [3.05, 3.63) is 23.2 Å². The van der Waals surface area contributed by atoms with Gasteiger partial charge in [-0.2, -0.15) is 0 Å². The molecule has 0 radical (unpaired) electrons. The van der Waals surface area contributed by atoms with Crippen LogP contribution in [0.15, 0.2) is 18.2 Å². The van der Waals surface area contributed by atoms with Crippen LogP contribution >= 0.6 is 36.4 Å². The molecule has 2 fully saturated rings. The highest BCUT2D eigenvalue weighted by molar-refractivity contribution is 6.30. The summed E-state index contributed by atoms with van der Waals surface area (Å²) in [6.07, 6.45) is 0.294. The molecule has 1 amide bonds. The lowest BCUT2D eigenvalue weighted by molar-refractivity contribution is -0.124. The number of halogens is 5. The minimum Gasteiger partial charge on any atom is -0.495 e. The third-order valence-corrected chi connectivity index (χ3v) is 4.68. The van der Waals surface area contributed by atoms with Gasteiger partial charge in [-0.25, -0.2) is 8.78 Å². The highest BCUT2D eigenvalue weighted by atomic mass is 35.5. The Kier molecular flexibility index (Phi) is 8.20. The molecule has 1 aromatic rings. The second-order valence-corrected chi connectivity index (χ2v) is 6.69. The molecule has 0 aromatic heterocycles. The monoisotopic (exact) mass is 431 g/mol. The molecule has 0 bridgehead atoms. The second-order valence-electron chi connectivity index (χ2n) is 6.25. The van der Waals surface area contributed by atoms with Gasteiger partial charge in [0.2, 0.25) is 5.91 Å². The van der Waals surface area contributed by atoms with E-state index in [-0.39, 0.29) is 36.8 Å². The van der Waals surface area contributed by atoms with Gasteiger partial charge >= 0.3 is 0 Å². The molecule has 1 aromatic carbocycles. The van der Waals surface area contributed by atoms with Crippen molar-refractivity contribution in [2.45, 2.75) is 30.8 Å². The Labute approximate surface area is 168 Å². The Hall–Kier alpha value is -1.02. The Bertz CT molecular complexity index is 637. The van der Waals surface area contributed by atoms with E-state index in [1.165, 1.54) is 0 Å². The molecule has 148 valence electrons. The molecule has 10 heteroatoms. The Morgan fingerprint density at radius 1 is 1.42 bits per heavy atom. The first kappa shape index (κ1) is 23.0. The average Bonchev–Trinajstić information content (AvgIpc) is 3.13. The molecular weight excluding hydrogens is 411 g/mol. The fourth-order valence-corrected chi connectivity index (χ4v) is 3.38. The maximum Gasteiger partial charge on any atom is 0.262 e. The number of hydrogen-bond donors (Lipinski definition) is 2. The summed E-state index contributed by atoms with van der Waals surface area (Å²) in [6, 6.07) is 4.47. The largest absolute Gasteiger partial charge is 0.495 e. The maximum absolute atomic E-state index is 13.2. The van der Waals surface area contributed by atoms with E-state index in [1.807, 2.05) is 6.07 Å². The molecule has 26 heavy (non-hydrogen) atoms. The molecule has 0 saturated carbocycles. The van der Waals surface area contributed by atoms with E-state index in [1.54, 1.807) is 19.2 Å². The minimum absolute atomic E-state index is 0. The van der Waals surface area contributed by atoms with Crippen LogP contribution in [-0.2, 0) is 4.79 Å². The number of alkyl halides is 2. The number of carbonyl (C=O) groups excluding carboxylic acids is 1. The van der Waals surface area contributed by atoms with Gasteiger partial charge in [-0.05, 0) is 24.6 Å². The zero-order chi connectivity index (χ0) is 17.3. The Morgan fingerprint density at radius 2 is 2.15 bits per heavy atom. The van der Waals surface area contributed by atoms with Crippen molar-refractivity contribution >= 4 is 48.0 Å². The van der Waals surface area contributed by atoms with Gasteiger partial charge in [0.15, 0.2) is 0 Å². The van der Waals surface area contributed by atoms with E-state index in [2.05, 4.69) is 15.5 Å². The van der Waals surface area contributed by atoms with Crippen molar-refractivity contribution in [3.63, 3.8) is 0 Å². The number of benzene rings is 1. The third-order valence-electron chi connectivity index (χ3n) is 4.44. The van der Waals surface area contributed by atoms with Crippen molar-refractivity contribution < 1.29 is 18.3 Å². The van der Waals surface area contributed by atoms with Gasteiger partial charge in [0.05, 0.1) is 25.4 Å². The van der Waals surface area contributed by atoms with Gasteiger partial charge in [-0.1, -0.05) is 11.6 Å². The summed E-state index contributed by atoms with van der Waals surface area (Å²) in [7, 11) is 1.59. The quantitative estimate of drug-likeness (QED) is 0.768. The molecular formula is C16H22Cl3F2N3O2. The smallest absolute Gasteiger partial charge is 0.262 e. The van der Waals surface area contributed by atoms with E-state index < -0.39 is 24.9 Å². The first-order valence-corrected chi connectivity index (χ1v) is 8.26. The van der Waals surface area contributed by atoms with Crippen LogP contribution in [0.2, 0.25) is 5.02 Å². The number of anilines is 1. The topological polar surface area (TPSA) is 53.6 Å². The van der Waals surface area contributed by atoms with Crippen LogP contribution < -0.4 is 20.3 Å². The molecule has 2 saturated heterocycles. The lowest BCUT2D eigenvalue weighted by atomic mass is 10.1. The van der Waals surface area contributed by atoms with E-state index in [0.29, 0.717) is 17.3 Å². The van der Waals surface area contributed by atoms with Gasteiger partial charge in [0.1, 0.15) is 5.75 Å². The number of methoxy groups -OCH3 is 1. The van der Waals surface area contributed by atoms with Crippen molar-refractivity contribution in [2.24, 2.45) is 0 Å². The van der Waals surface area contributed by atoms with Gasteiger partial charge < -0.3 is 15.0 Å². The third kappa shape index (κ3) is 5.25. The Balaban J connectivity index is 0.00000169. The number of rotatable bonds is 4. The number of ether oxygens (including phenoxy) is 1. The van der Waals surface area contributed by atoms with Crippen LogP contribution in [0.1, 0.15) is 12.8 Å². The first-order valence-electron chi connectivity index (χ1n) is 7.88. The molecule has 5 nitrogen and oxygen atoms in total. The number of nitrogens with one attached hydrogen (secondary N) is 2. The van der Waals surface area contributed by atoms with E-state index in [4.69, 9.17) is 16.3 Å². The molecule has 2 heterocycles. The lowest BCUT2D eigenvalue weighted by Gasteiger charge is -2.22. The van der Waals surface area contributed by atoms with Crippen LogP contribution in [0.5, 0.6) is 5.75 Å². The highest BCUT2D eigenvalue weighted by Crippen LogP contribution is 2.33. The maximum atomic E-state index is 13.2. The molecule has 2 unspecified atom stereocenters. The summed E-state index contributed by atoms with van der Waals surface area (Å²) in [5.74, 6) is -2.46. The molecule has 2 atom stereocenters. The molecule has 2 aliphatic heterocycles. The van der Waals surface area contributed by atoms with Crippen LogP contribution in [0.25, 0.3) is 0 Å². The van der Waals surface area contributed by atoms with E-state index in [9.17, 15) is 13.6 Å². The second kappa shape index (κ2) is 9.26. The molecule has 0 aliphatic carbocycles. The fraction of sp³-hybridized carbons (Fsp3) is 0.562. The standard InChI is InChI=1S/C16H20ClF2N3O2.2ClH/c1-24-14-3-2-10(17)6-13(14)22-5-4-11(8-22)21-15(23)12-7-16(18,19)9-20-12;;/h2-3,6,11-12,20H,4-5,7-9H2,1H3,(H,21,23);2*1H. The summed E-state index contributed by atoms with van der Waals surface area (Å²) in [5.41, 5.74) is 0.868. The predicted molar refractivity (Wildman–Crippen MR) is 103 cm³/mol. The highest BCUT2D eigenvalue weighted by Gasteiger charge is 2.42. The van der Waals surface area contributed by atoms with Crippen LogP contribution in [0.3, 0.4) is 0 Å². The predicted octanol–water partition coefficient (Wildman–Crippen LogP) is 2.88. The van der Waals surface area contributed by atoms with Gasteiger partial charge in [0.25, 0.3) is 5.92 Å². The van der Waals surface area contributed by atoms with Gasteiger partial charge in [-0.15, -0.1) is 24.8 Å².